The Morgan fingerprint density at radius 3 is 2.58 bits per heavy atom. The number of benzene rings is 2. The smallest absolute Gasteiger partial charge is 0.318 e. The highest BCUT2D eigenvalue weighted by Crippen LogP contribution is 2.29. The van der Waals surface area contributed by atoms with Crippen molar-refractivity contribution >= 4 is 34.9 Å². The number of anilines is 1. The number of nitrogens with two attached hydrogens (primary N) is 1. The lowest BCUT2D eigenvalue weighted by Gasteiger charge is -2.21. The molecular formula is C23H24Cl2N4O2. The molecule has 0 unspecified atom stereocenters. The summed E-state index contributed by atoms with van der Waals surface area (Å²) in [7, 11) is 1.52. The average molecular weight is 459 g/mol. The van der Waals surface area contributed by atoms with Crippen molar-refractivity contribution in [2.75, 3.05) is 19.0 Å². The zero-order chi connectivity index (χ0) is 22.6. The second-order valence-corrected chi connectivity index (χ2v) is 8.45. The standard InChI is InChI=1S/C23H24Cl2N4O2/c1-23(2,21(26)30)16-6-4-5-15(11-16)19-13-20(29-22(28-19)31-3)27-10-9-14-7-8-17(24)12-18(14)25/h4-8,11-13H,9-10H2,1-3H3,(H2,26,30)(H,27,28,29). The maximum Gasteiger partial charge on any atom is 0.318 e. The molecule has 0 bridgehead atoms. The molecule has 3 rings (SSSR count). The molecule has 0 aliphatic rings. The molecule has 2 aromatic carbocycles. The molecule has 1 heterocycles. The maximum absolute atomic E-state index is 11.9. The van der Waals surface area contributed by atoms with Crippen LogP contribution < -0.4 is 15.8 Å². The van der Waals surface area contributed by atoms with E-state index >= 15 is 0 Å². The molecule has 8 heteroatoms. The van der Waals surface area contributed by atoms with E-state index in [-0.39, 0.29) is 6.01 Å². The van der Waals surface area contributed by atoms with Gasteiger partial charge in [-0.2, -0.15) is 9.97 Å². The Bertz CT molecular complexity index is 1100. The monoisotopic (exact) mass is 458 g/mol. The van der Waals surface area contributed by atoms with Crippen molar-refractivity contribution in [3.8, 4) is 17.3 Å². The topological polar surface area (TPSA) is 90.1 Å². The predicted molar refractivity (Wildman–Crippen MR) is 125 cm³/mol. The number of nitrogens with zero attached hydrogens (tertiary/aromatic N) is 2. The van der Waals surface area contributed by atoms with Crippen LogP contribution >= 0.6 is 23.2 Å². The van der Waals surface area contributed by atoms with Gasteiger partial charge < -0.3 is 15.8 Å². The second-order valence-electron chi connectivity index (χ2n) is 7.61. The first-order chi connectivity index (χ1) is 14.7. The first-order valence-corrected chi connectivity index (χ1v) is 10.5. The molecule has 0 radical (unpaired) electrons. The Balaban J connectivity index is 1.83. The zero-order valence-corrected chi connectivity index (χ0v) is 19.1. The number of hydrogen-bond acceptors (Lipinski definition) is 5. The summed E-state index contributed by atoms with van der Waals surface area (Å²) >= 11 is 12.2. The van der Waals surface area contributed by atoms with Crippen molar-refractivity contribution in [1.82, 2.24) is 9.97 Å². The molecule has 1 amide bonds. The third-order valence-corrected chi connectivity index (χ3v) is 5.69. The molecule has 0 saturated heterocycles. The molecule has 0 saturated carbocycles. The van der Waals surface area contributed by atoms with E-state index in [1.807, 2.05) is 42.5 Å². The van der Waals surface area contributed by atoms with Gasteiger partial charge in [-0.1, -0.05) is 47.5 Å². The number of hydrogen-bond donors (Lipinski definition) is 2. The fourth-order valence-electron chi connectivity index (χ4n) is 3.01. The number of nitrogens with one attached hydrogen (secondary N) is 1. The number of ether oxygens (including phenoxy) is 1. The molecule has 0 spiro atoms. The second kappa shape index (κ2) is 9.54. The van der Waals surface area contributed by atoms with Crippen LogP contribution in [0.3, 0.4) is 0 Å². The van der Waals surface area contributed by atoms with Crippen LogP contribution in [-0.4, -0.2) is 29.5 Å². The van der Waals surface area contributed by atoms with Crippen molar-refractivity contribution in [1.29, 1.82) is 0 Å². The summed E-state index contributed by atoms with van der Waals surface area (Å²) in [5.74, 6) is 0.222. The molecular weight excluding hydrogens is 435 g/mol. The molecule has 3 N–H and O–H groups in total. The van der Waals surface area contributed by atoms with Gasteiger partial charge in [0.1, 0.15) is 5.82 Å². The summed E-state index contributed by atoms with van der Waals surface area (Å²) in [6, 6.07) is 15.1. The lowest BCUT2D eigenvalue weighted by Crippen LogP contribution is -2.35. The van der Waals surface area contributed by atoms with Crippen LogP contribution in [0.25, 0.3) is 11.3 Å². The lowest BCUT2D eigenvalue weighted by atomic mass is 9.83. The number of carbonyl (C=O) groups is 1. The number of primary amides is 1. The predicted octanol–water partition coefficient (Wildman–Crippen LogP) is 4.88. The highest BCUT2D eigenvalue weighted by atomic mass is 35.5. The number of methoxy groups -OCH3 is 1. The van der Waals surface area contributed by atoms with Crippen LogP contribution in [0, 0.1) is 0 Å². The average Bonchev–Trinajstić information content (AvgIpc) is 2.75. The number of carbonyl (C=O) groups excluding carboxylic acids is 1. The summed E-state index contributed by atoms with van der Waals surface area (Å²) in [5.41, 5.74) is 8.06. The van der Waals surface area contributed by atoms with Crippen LogP contribution in [0.2, 0.25) is 10.0 Å². The van der Waals surface area contributed by atoms with Gasteiger partial charge in [0.25, 0.3) is 0 Å². The molecule has 162 valence electrons. The highest BCUT2D eigenvalue weighted by molar-refractivity contribution is 6.35. The Kier molecular flexibility index (Phi) is 7.03. The zero-order valence-electron chi connectivity index (χ0n) is 17.6. The van der Waals surface area contributed by atoms with Crippen LogP contribution in [0.5, 0.6) is 6.01 Å². The molecule has 1 aromatic heterocycles. The van der Waals surface area contributed by atoms with Gasteiger partial charge in [0.15, 0.2) is 0 Å². The summed E-state index contributed by atoms with van der Waals surface area (Å²) in [4.78, 5) is 20.7. The van der Waals surface area contributed by atoms with Gasteiger partial charge in [0, 0.05) is 28.2 Å². The van der Waals surface area contributed by atoms with E-state index in [4.69, 9.17) is 33.7 Å². The third kappa shape index (κ3) is 5.46. The first-order valence-electron chi connectivity index (χ1n) is 9.72. The first kappa shape index (κ1) is 22.8. The number of rotatable bonds is 8. The van der Waals surface area contributed by atoms with Crippen molar-refractivity contribution in [2.24, 2.45) is 5.73 Å². The van der Waals surface area contributed by atoms with Crippen LogP contribution in [-0.2, 0) is 16.6 Å². The Morgan fingerprint density at radius 1 is 1.13 bits per heavy atom. The third-order valence-electron chi connectivity index (χ3n) is 5.10. The number of amides is 1. The fourth-order valence-corrected chi connectivity index (χ4v) is 3.52. The molecule has 0 aliphatic heterocycles. The summed E-state index contributed by atoms with van der Waals surface area (Å²) in [6.07, 6.45) is 0.694. The molecule has 0 atom stereocenters. The Hall–Kier alpha value is -2.83. The van der Waals surface area contributed by atoms with Crippen molar-refractivity contribution in [2.45, 2.75) is 25.7 Å². The number of halogens is 2. The Labute approximate surface area is 191 Å². The van der Waals surface area contributed by atoms with Crippen molar-refractivity contribution in [3.63, 3.8) is 0 Å². The van der Waals surface area contributed by atoms with Crippen LogP contribution in [0.1, 0.15) is 25.0 Å². The molecule has 6 nitrogen and oxygen atoms in total. The van der Waals surface area contributed by atoms with Gasteiger partial charge in [0.2, 0.25) is 5.91 Å². The minimum Gasteiger partial charge on any atom is -0.467 e. The lowest BCUT2D eigenvalue weighted by molar-refractivity contribution is -0.122. The maximum atomic E-state index is 11.9. The SMILES string of the molecule is COc1nc(NCCc2ccc(Cl)cc2Cl)cc(-c2cccc(C(C)(C)C(N)=O)c2)n1. The van der Waals surface area contributed by atoms with Gasteiger partial charge in [-0.05, 0) is 49.6 Å². The minimum atomic E-state index is -0.800. The molecule has 3 aromatic rings. The van der Waals surface area contributed by atoms with Gasteiger partial charge in [-0.25, -0.2) is 0 Å². The molecule has 0 aliphatic carbocycles. The fraction of sp³-hybridized carbons (Fsp3) is 0.261. The summed E-state index contributed by atoms with van der Waals surface area (Å²) in [6.45, 7) is 4.20. The summed E-state index contributed by atoms with van der Waals surface area (Å²) < 4.78 is 5.28. The van der Waals surface area contributed by atoms with Crippen molar-refractivity contribution in [3.05, 3.63) is 69.7 Å². The Morgan fingerprint density at radius 2 is 1.90 bits per heavy atom. The van der Waals surface area contributed by atoms with Crippen molar-refractivity contribution < 1.29 is 9.53 Å². The molecule has 0 fully saturated rings. The highest BCUT2D eigenvalue weighted by Gasteiger charge is 2.27. The van der Waals surface area contributed by atoms with Gasteiger partial charge in [0.05, 0.1) is 18.2 Å². The van der Waals surface area contributed by atoms with Gasteiger partial charge in [-0.15, -0.1) is 0 Å². The normalized spacial score (nSPS) is 11.3. The van der Waals surface area contributed by atoms with E-state index in [9.17, 15) is 4.79 Å². The van der Waals surface area contributed by atoms with E-state index in [1.165, 1.54) is 7.11 Å². The summed E-state index contributed by atoms with van der Waals surface area (Å²) in [5, 5.41) is 4.52. The van der Waals surface area contributed by atoms with Crippen LogP contribution in [0.4, 0.5) is 5.82 Å². The minimum absolute atomic E-state index is 0.240. The van der Waals surface area contributed by atoms with E-state index in [1.54, 1.807) is 19.9 Å². The number of aromatic nitrogens is 2. The molecule has 31 heavy (non-hydrogen) atoms. The van der Waals surface area contributed by atoms with E-state index < -0.39 is 11.3 Å². The largest absolute Gasteiger partial charge is 0.467 e. The van der Waals surface area contributed by atoms with E-state index in [2.05, 4.69) is 15.3 Å². The van der Waals surface area contributed by atoms with E-state index in [0.29, 0.717) is 34.5 Å². The van der Waals surface area contributed by atoms with Crippen LogP contribution in [0.15, 0.2) is 48.5 Å². The quantitative estimate of drug-likeness (QED) is 0.501. The van der Waals surface area contributed by atoms with Gasteiger partial charge >= 0.3 is 6.01 Å². The van der Waals surface area contributed by atoms with E-state index in [0.717, 1.165) is 16.7 Å². The van der Waals surface area contributed by atoms with Gasteiger partial charge in [-0.3, -0.25) is 4.79 Å².